The molecule has 1 unspecified atom stereocenters. The van der Waals surface area contributed by atoms with E-state index < -0.39 is 29.2 Å². The number of carboxylic acids is 1. The van der Waals surface area contributed by atoms with Gasteiger partial charge in [0.1, 0.15) is 17.1 Å². The lowest BCUT2D eigenvalue weighted by atomic mass is 10.0. The molecule has 0 saturated carbocycles. The van der Waals surface area contributed by atoms with E-state index in [1.807, 2.05) is 0 Å². The molecular weight excluding hydrogens is 545 g/mol. The van der Waals surface area contributed by atoms with Gasteiger partial charge in [0.15, 0.2) is 8.68 Å². The summed E-state index contributed by atoms with van der Waals surface area (Å²) in [5, 5.41) is 47.5. The van der Waals surface area contributed by atoms with Crippen molar-refractivity contribution < 1.29 is 29.8 Å². The van der Waals surface area contributed by atoms with Crippen LogP contribution in [0.3, 0.4) is 0 Å². The highest BCUT2D eigenvalue weighted by Gasteiger charge is 2.54. The number of aliphatic carboxylic acids is 1. The summed E-state index contributed by atoms with van der Waals surface area (Å²) in [6.45, 7) is 0.0345. The van der Waals surface area contributed by atoms with Crippen LogP contribution in [-0.2, 0) is 20.8 Å². The Kier molecular flexibility index (Phi) is 7.88. The lowest BCUT2D eigenvalue weighted by Crippen LogP contribution is -2.70. The van der Waals surface area contributed by atoms with Gasteiger partial charge in [0.05, 0.1) is 18.7 Å². The Morgan fingerprint density at radius 1 is 1.29 bits per heavy atom. The number of nitrogens with zero attached hydrogens (tertiary/aromatic N) is 4. The van der Waals surface area contributed by atoms with Crippen LogP contribution in [0.15, 0.2) is 25.3 Å². The summed E-state index contributed by atoms with van der Waals surface area (Å²) in [5.41, 5.74) is 0.739. The van der Waals surface area contributed by atoms with Crippen molar-refractivity contribution in [1.29, 1.82) is 5.41 Å². The fourth-order valence-electron chi connectivity index (χ4n) is 3.25. The fraction of sp³-hybridized carbons (Fsp3) is 0.412. The lowest BCUT2D eigenvalue weighted by Gasteiger charge is -2.49. The lowest BCUT2D eigenvalue weighted by molar-refractivity contribution is -0.150. The molecular formula is C17H18N6O6S5. The number of fused-ring (bicyclic) bond motifs is 1. The standard InChI is InChI=1S/C17H18N6O6S5/c18-15-23(29)8(6-32-15)3-9(25)19-10-12(26)22-11(14(27)28)7(4-31-13(10)22)5-33-17-21-20-16(34-17)30-2-1-24/h6,10,13,18,24,29H,1-5H2,(H,19,25)(H,27,28)/t10?,13-/m1/s1. The Morgan fingerprint density at radius 3 is 2.68 bits per heavy atom. The third-order valence-corrected chi connectivity index (χ3v) is 10.1. The van der Waals surface area contributed by atoms with E-state index in [1.54, 1.807) is 0 Å². The molecule has 4 heterocycles. The van der Waals surface area contributed by atoms with Crippen LogP contribution in [0, 0.1) is 5.41 Å². The van der Waals surface area contributed by atoms with Gasteiger partial charge in [0.25, 0.3) is 5.91 Å². The molecule has 5 N–H and O–H groups in total. The third kappa shape index (κ3) is 5.13. The summed E-state index contributed by atoms with van der Waals surface area (Å²) >= 11 is 6.41. The highest BCUT2D eigenvalue weighted by molar-refractivity contribution is 8.03. The number of carboxylic acid groups (broad SMARTS) is 1. The van der Waals surface area contributed by atoms with Gasteiger partial charge in [-0.15, -0.1) is 33.3 Å². The zero-order chi connectivity index (χ0) is 24.4. The minimum absolute atomic E-state index is 0.0345. The number of β-lactam (4-membered cyclic amide) rings is 1. The normalized spacial score (nSPS) is 19.7. The molecule has 34 heavy (non-hydrogen) atoms. The van der Waals surface area contributed by atoms with E-state index in [0.29, 0.717) is 36.2 Å². The van der Waals surface area contributed by atoms with Crippen molar-refractivity contribution in [2.24, 2.45) is 0 Å². The number of aliphatic hydroxyl groups excluding tert-OH is 1. The van der Waals surface area contributed by atoms with Crippen LogP contribution in [0.4, 0.5) is 0 Å². The number of thioether (sulfide) groups is 3. The number of aliphatic hydroxyl groups is 1. The van der Waals surface area contributed by atoms with Gasteiger partial charge in [0, 0.05) is 22.6 Å². The van der Waals surface area contributed by atoms with Gasteiger partial charge in [-0.05, 0) is 5.57 Å². The van der Waals surface area contributed by atoms with Crippen molar-refractivity contribution >= 4 is 75.7 Å². The van der Waals surface area contributed by atoms with Crippen molar-refractivity contribution in [3.05, 3.63) is 27.1 Å². The van der Waals surface area contributed by atoms with Crippen molar-refractivity contribution in [3.8, 4) is 0 Å². The van der Waals surface area contributed by atoms with Gasteiger partial charge in [-0.25, -0.2) is 4.79 Å². The molecule has 2 amide bonds. The van der Waals surface area contributed by atoms with Gasteiger partial charge in [0.2, 0.25) is 10.7 Å². The van der Waals surface area contributed by atoms with E-state index in [2.05, 4.69) is 15.5 Å². The van der Waals surface area contributed by atoms with Crippen LogP contribution in [0.25, 0.3) is 0 Å². The van der Waals surface area contributed by atoms with E-state index in [0.717, 1.165) is 11.3 Å². The Balaban J connectivity index is 1.40. The van der Waals surface area contributed by atoms with E-state index >= 15 is 0 Å². The van der Waals surface area contributed by atoms with Crippen LogP contribution in [0.5, 0.6) is 0 Å². The van der Waals surface area contributed by atoms with Crippen molar-refractivity contribution in [1.82, 2.24) is 25.1 Å². The van der Waals surface area contributed by atoms with Gasteiger partial charge in [-0.3, -0.25) is 19.9 Å². The number of hydrogen-bond acceptors (Lipinski definition) is 13. The molecule has 1 saturated heterocycles. The van der Waals surface area contributed by atoms with Crippen LogP contribution in [-0.4, -0.2) is 88.3 Å². The van der Waals surface area contributed by atoms with Gasteiger partial charge >= 0.3 is 5.97 Å². The molecule has 0 bridgehead atoms. The molecule has 1 fully saturated rings. The molecule has 4 rings (SSSR count). The molecule has 2 aliphatic rings. The Bertz CT molecular complexity index is 1210. The molecule has 0 aromatic carbocycles. The monoisotopic (exact) mass is 562 g/mol. The molecule has 12 nitrogen and oxygen atoms in total. The summed E-state index contributed by atoms with van der Waals surface area (Å²) in [5.74, 6) is -1.01. The highest BCUT2D eigenvalue weighted by atomic mass is 32.2. The number of nitrogens with one attached hydrogen (secondary N) is 2. The second kappa shape index (κ2) is 10.7. The maximum Gasteiger partial charge on any atom is 0.352 e. The van der Waals surface area contributed by atoms with Crippen LogP contribution in [0.2, 0.25) is 0 Å². The summed E-state index contributed by atoms with van der Waals surface area (Å²) in [6, 6.07) is -0.864. The topological polar surface area (TPSA) is 182 Å². The smallest absolute Gasteiger partial charge is 0.352 e. The Morgan fingerprint density at radius 2 is 2.03 bits per heavy atom. The summed E-state index contributed by atoms with van der Waals surface area (Å²) in [7, 11) is 0. The number of carbonyl (C=O) groups is 3. The van der Waals surface area contributed by atoms with Crippen molar-refractivity contribution in [3.63, 3.8) is 0 Å². The van der Waals surface area contributed by atoms with Crippen LogP contribution < -0.4 is 10.1 Å². The minimum atomic E-state index is -1.21. The average Bonchev–Trinajstić information content (AvgIpc) is 3.40. The maximum atomic E-state index is 12.8. The quantitative estimate of drug-likeness (QED) is 0.152. The average molecular weight is 563 g/mol. The number of hydrogen-bond donors (Lipinski definition) is 5. The van der Waals surface area contributed by atoms with Gasteiger partial charge in [-0.1, -0.05) is 34.9 Å². The highest BCUT2D eigenvalue weighted by Crippen LogP contribution is 2.42. The largest absolute Gasteiger partial charge is 0.477 e. The summed E-state index contributed by atoms with van der Waals surface area (Å²) < 4.78 is 1.98. The fourth-order valence-corrected chi connectivity index (χ4v) is 8.22. The second-order valence-electron chi connectivity index (χ2n) is 6.93. The first kappa shape index (κ1) is 25.1. The van der Waals surface area contributed by atoms with E-state index in [-0.39, 0.29) is 29.2 Å². The molecule has 2 aromatic rings. The van der Waals surface area contributed by atoms with Crippen LogP contribution >= 0.6 is 58.0 Å². The van der Waals surface area contributed by atoms with Crippen molar-refractivity contribution in [2.45, 2.75) is 26.5 Å². The first-order valence-corrected chi connectivity index (χ1v) is 14.3. The number of aromatic nitrogens is 3. The van der Waals surface area contributed by atoms with Gasteiger partial charge in [-0.2, -0.15) is 4.73 Å². The molecule has 0 aliphatic carbocycles. The SMILES string of the molecule is N=c1scc(CC(=O)NC2C(=O)N3C(C(=O)O)=C(CSc4nnc(SCCO)s4)CS[C@H]23)n1O. The van der Waals surface area contributed by atoms with Gasteiger partial charge < -0.3 is 20.7 Å². The van der Waals surface area contributed by atoms with E-state index in [1.165, 1.54) is 56.9 Å². The Labute approximate surface area is 212 Å². The molecule has 2 aliphatic heterocycles. The summed E-state index contributed by atoms with van der Waals surface area (Å²) in [4.78, 5) is 38.2. The predicted molar refractivity (Wildman–Crippen MR) is 127 cm³/mol. The maximum absolute atomic E-state index is 12.8. The minimum Gasteiger partial charge on any atom is -0.477 e. The number of carbonyl (C=O) groups excluding carboxylic acids is 2. The molecule has 0 radical (unpaired) electrons. The zero-order valence-corrected chi connectivity index (χ0v) is 21.2. The summed E-state index contributed by atoms with van der Waals surface area (Å²) in [6.07, 6.45) is -0.211. The number of thiazole rings is 1. The Hall–Kier alpha value is -2.05. The molecule has 182 valence electrons. The molecule has 0 spiro atoms. The van der Waals surface area contributed by atoms with E-state index in [9.17, 15) is 24.7 Å². The predicted octanol–water partition coefficient (Wildman–Crippen LogP) is 0.276. The molecule has 17 heteroatoms. The zero-order valence-electron chi connectivity index (χ0n) is 17.2. The van der Waals surface area contributed by atoms with Crippen molar-refractivity contribution in [2.75, 3.05) is 23.9 Å². The first-order chi connectivity index (χ1) is 16.3. The van der Waals surface area contributed by atoms with Crippen LogP contribution in [0.1, 0.15) is 5.69 Å². The molecule has 2 aromatic heterocycles. The second-order valence-corrected chi connectivity index (χ2v) is 12.4. The first-order valence-electron chi connectivity index (χ1n) is 9.62. The number of rotatable bonds is 10. The molecule has 2 atom stereocenters. The van der Waals surface area contributed by atoms with E-state index in [4.69, 9.17) is 10.5 Å². The number of amides is 2. The third-order valence-electron chi connectivity index (χ3n) is 4.75.